The number of carbonyl (C=O) groups is 1. The van der Waals surface area contributed by atoms with Crippen LogP contribution in [0.5, 0.6) is 0 Å². The van der Waals surface area contributed by atoms with Gasteiger partial charge in [-0.1, -0.05) is 51.9 Å². The summed E-state index contributed by atoms with van der Waals surface area (Å²) < 4.78 is 0. The summed E-state index contributed by atoms with van der Waals surface area (Å²) in [6.45, 7) is 2.21. The molecule has 1 aliphatic rings. The van der Waals surface area contributed by atoms with Crippen molar-refractivity contribution in [2.75, 3.05) is 5.32 Å². The molecule has 0 aliphatic heterocycles. The van der Waals surface area contributed by atoms with Crippen molar-refractivity contribution in [1.29, 1.82) is 5.26 Å². The monoisotopic (exact) mass is 346 g/mol. The summed E-state index contributed by atoms with van der Waals surface area (Å²) in [5.74, 6) is 0.0659. The summed E-state index contributed by atoms with van der Waals surface area (Å²) in [6, 6.07) is 2.34. The number of nitrogens with zero attached hydrogens (tertiary/aromatic N) is 1. The topological polar surface area (TPSA) is 52.9 Å². The predicted octanol–water partition coefficient (Wildman–Crippen LogP) is 5.97. The number of rotatable bonds is 8. The molecule has 1 N–H and O–H groups in total. The Labute approximate surface area is 150 Å². The lowest BCUT2D eigenvalue weighted by Gasteiger charge is -2.08. The van der Waals surface area contributed by atoms with Crippen molar-refractivity contribution >= 4 is 22.2 Å². The van der Waals surface area contributed by atoms with Crippen LogP contribution in [0.1, 0.15) is 93.6 Å². The van der Waals surface area contributed by atoms with E-state index in [1.807, 2.05) is 0 Å². The number of thiophene rings is 1. The predicted molar refractivity (Wildman–Crippen MR) is 102 cm³/mol. The Balaban J connectivity index is 1.88. The first-order valence-corrected chi connectivity index (χ1v) is 10.4. The number of nitrogens with one attached hydrogen (secondary N) is 1. The second-order valence-electron chi connectivity index (χ2n) is 6.80. The van der Waals surface area contributed by atoms with E-state index in [9.17, 15) is 10.1 Å². The lowest BCUT2D eigenvalue weighted by Crippen LogP contribution is -2.11. The highest BCUT2D eigenvalue weighted by molar-refractivity contribution is 7.16. The molecule has 0 aromatic carbocycles. The van der Waals surface area contributed by atoms with Gasteiger partial charge in [0.2, 0.25) is 5.91 Å². The van der Waals surface area contributed by atoms with Crippen LogP contribution in [0.25, 0.3) is 0 Å². The van der Waals surface area contributed by atoms with Crippen LogP contribution in [0.3, 0.4) is 0 Å². The number of amides is 1. The van der Waals surface area contributed by atoms with E-state index in [0.29, 0.717) is 6.42 Å². The maximum atomic E-state index is 12.2. The molecular formula is C20H30N2OS. The average molecular weight is 347 g/mol. The summed E-state index contributed by atoms with van der Waals surface area (Å²) in [6.07, 6.45) is 14.6. The molecule has 0 saturated heterocycles. The van der Waals surface area contributed by atoms with E-state index >= 15 is 0 Å². The molecule has 0 bridgehead atoms. The molecule has 3 nitrogen and oxygen atoms in total. The number of anilines is 1. The smallest absolute Gasteiger partial charge is 0.225 e. The summed E-state index contributed by atoms with van der Waals surface area (Å²) in [5, 5.41) is 13.4. The van der Waals surface area contributed by atoms with Gasteiger partial charge in [-0.25, -0.2) is 0 Å². The van der Waals surface area contributed by atoms with Gasteiger partial charge in [-0.2, -0.15) is 5.26 Å². The highest BCUT2D eigenvalue weighted by atomic mass is 32.1. The van der Waals surface area contributed by atoms with Crippen LogP contribution in [-0.2, 0) is 17.6 Å². The quantitative estimate of drug-likeness (QED) is 0.590. The molecule has 1 heterocycles. The van der Waals surface area contributed by atoms with Gasteiger partial charge in [0, 0.05) is 11.3 Å². The van der Waals surface area contributed by atoms with E-state index in [1.54, 1.807) is 11.3 Å². The molecule has 0 fully saturated rings. The van der Waals surface area contributed by atoms with Gasteiger partial charge in [-0.05, 0) is 37.7 Å². The Morgan fingerprint density at radius 2 is 1.79 bits per heavy atom. The molecule has 1 aliphatic carbocycles. The van der Waals surface area contributed by atoms with Gasteiger partial charge in [0.05, 0.1) is 5.56 Å². The Morgan fingerprint density at radius 1 is 1.08 bits per heavy atom. The van der Waals surface area contributed by atoms with Crippen molar-refractivity contribution in [3.8, 4) is 6.07 Å². The van der Waals surface area contributed by atoms with Gasteiger partial charge in [0.15, 0.2) is 0 Å². The van der Waals surface area contributed by atoms with Crippen LogP contribution in [-0.4, -0.2) is 5.91 Å². The lowest BCUT2D eigenvalue weighted by molar-refractivity contribution is -0.116. The number of aryl methyl sites for hydroxylation is 1. The summed E-state index contributed by atoms with van der Waals surface area (Å²) in [5.41, 5.74) is 1.94. The molecule has 0 spiro atoms. The fourth-order valence-electron chi connectivity index (χ4n) is 3.38. The maximum absolute atomic E-state index is 12.2. The van der Waals surface area contributed by atoms with Crippen LogP contribution in [0.15, 0.2) is 0 Å². The standard InChI is InChI=1S/C20H30N2OS/c1-2-3-4-5-6-11-14-19(23)22-20-17(15-21)16-12-9-7-8-10-13-18(16)24-20/h2-14H2,1H3,(H,22,23). The van der Waals surface area contributed by atoms with E-state index in [2.05, 4.69) is 18.3 Å². The molecule has 2 rings (SSSR count). The van der Waals surface area contributed by atoms with E-state index in [1.165, 1.54) is 55.4 Å². The lowest BCUT2D eigenvalue weighted by atomic mass is 9.97. The number of nitriles is 1. The van der Waals surface area contributed by atoms with Crippen LogP contribution in [0.4, 0.5) is 5.00 Å². The van der Waals surface area contributed by atoms with Crippen molar-refractivity contribution in [2.45, 2.75) is 90.4 Å². The average Bonchev–Trinajstić information content (AvgIpc) is 2.86. The largest absolute Gasteiger partial charge is 0.317 e. The first kappa shape index (κ1) is 19.0. The van der Waals surface area contributed by atoms with Crippen LogP contribution in [0, 0.1) is 11.3 Å². The van der Waals surface area contributed by atoms with Crippen molar-refractivity contribution in [1.82, 2.24) is 0 Å². The summed E-state index contributed by atoms with van der Waals surface area (Å²) in [7, 11) is 0. The van der Waals surface area contributed by atoms with Gasteiger partial charge in [0.25, 0.3) is 0 Å². The van der Waals surface area contributed by atoms with Crippen LogP contribution >= 0.6 is 11.3 Å². The maximum Gasteiger partial charge on any atom is 0.225 e. The second-order valence-corrected chi connectivity index (χ2v) is 7.91. The molecule has 0 atom stereocenters. The van der Waals surface area contributed by atoms with Crippen LogP contribution < -0.4 is 5.32 Å². The van der Waals surface area contributed by atoms with Gasteiger partial charge in [-0.3, -0.25) is 4.79 Å². The van der Waals surface area contributed by atoms with Gasteiger partial charge >= 0.3 is 0 Å². The first-order valence-electron chi connectivity index (χ1n) is 9.60. The van der Waals surface area contributed by atoms with Crippen molar-refractivity contribution < 1.29 is 4.79 Å². The summed E-state index contributed by atoms with van der Waals surface area (Å²) >= 11 is 1.63. The molecular weight excluding hydrogens is 316 g/mol. The molecule has 1 aromatic heterocycles. The number of unbranched alkanes of at least 4 members (excludes halogenated alkanes) is 5. The van der Waals surface area contributed by atoms with Crippen molar-refractivity contribution in [3.63, 3.8) is 0 Å². The molecule has 0 radical (unpaired) electrons. The fourth-order valence-corrected chi connectivity index (χ4v) is 4.64. The highest BCUT2D eigenvalue weighted by Crippen LogP contribution is 2.36. The third-order valence-electron chi connectivity index (χ3n) is 4.79. The van der Waals surface area contributed by atoms with E-state index < -0.39 is 0 Å². The Bertz CT molecular complexity index is 571. The minimum absolute atomic E-state index is 0.0659. The zero-order valence-electron chi connectivity index (χ0n) is 15.0. The van der Waals surface area contributed by atoms with E-state index in [0.717, 1.165) is 42.7 Å². The summed E-state index contributed by atoms with van der Waals surface area (Å²) in [4.78, 5) is 13.5. The second kappa shape index (κ2) is 10.5. The highest BCUT2D eigenvalue weighted by Gasteiger charge is 2.20. The molecule has 132 valence electrons. The SMILES string of the molecule is CCCCCCCCC(=O)Nc1sc2c(c1C#N)CCCCCC2. The van der Waals surface area contributed by atoms with Gasteiger partial charge in [0.1, 0.15) is 11.1 Å². The zero-order valence-corrected chi connectivity index (χ0v) is 15.8. The first-order chi connectivity index (χ1) is 11.8. The third kappa shape index (κ3) is 5.63. The number of hydrogen-bond acceptors (Lipinski definition) is 3. The zero-order chi connectivity index (χ0) is 17.2. The Kier molecular flexibility index (Phi) is 8.32. The molecule has 1 aromatic rings. The Hall–Kier alpha value is -1.34. The Morgan fingerprint density at radius 3 is 2.54 bits per heavy atom. The third-order valence-corrected chi connectivity index (χ3v) is 6.00. The normalized spacial score (nSPS) is 14.3. The molecule has 0 saturated carbocycles. The number of fused-ring (bicyclic) bond motifs is 1. The number of hydrogen-bond donors (Lipinski definition) is 1. The molecule has 1 amide bonds. The van der Waals surface area contributed by atoms with Gasteiger partial charge in [-0.15, -0.1) is 11.3 Å². The van der Waals surface area contributed by atoms with Crippen LogP contribution in [0.2, 0.25) is 0 Å². The minimum Gasteiger partial charge on any atom is -0.317 e. The molecule has 0 unspecified atom stereocenters. The molecule has 24 heavy (non-hydrogen) atoms. The van der Waals surface area contributed by atoms with Crippen molar-refractivity contribution in [2.24, 2.45) is 0 Å². The minimum atomic E-state index is 0.0659. The fraction of sp³-hybridized carbons (Fsp3) is 0.700. The molecule has 4 heteroatoms. The number of carbonyl (C=O) groups excluding carboxylic acids is 1. The van der Waals surface area contributed by atoms with E-state index in [4.69, 9.17) is 0 Å². The van der Waals surface area contributed by atoms with Crippen molar-refractivity contribution in [3.05, 3.63) is 16.0 Å². The van der Waals surface area contributed by atoms with Gasteiger partial charge < -0.3 is 5.32 Å². The van der Waals surface area contributed by atoms with E-state index in [-0.39, 0.29) is 5.91 Å².